The molecule has 34 heavy (non-hydrogen) atoms. The van der Waals surface area contributed by atoms with Crippen LogP contribution in [0.1, 0.15) is 42.5 Å². The fourth-order valence-corrected chi connectivity index (χ4v) is 4.57. The molecule has 1 amide bonds. The van der Waals surface area contributed by atoms with Crippen molar-refractivity contribution >= 4 is 23.0 Å². The topological polar surface area (TPSA) is 93.9 Å². The van der Waals surface area contributed by atoms with Gasteiger partial charge in [-0.25, -0.2) is 0 Å². The summed E-state index contributed by atoms with van der Waals surface area (Å²) in [5.41, 5.74) is 3.88. The molecule has 2 heterocycles. The molecule has 1 unspecified atom stereocenters. The fraction of sp³-hybridized carbons (Fsp3) is 0.269. The number of carbonyl (C=O) groups excluding carboxylic acids is 1. The number of nitrogens with one attached hydrogen (secondary N) is 1. The van der Waals surface area contributed by atoms with E-state index < -0.39 is 11.0 Å². The summed E-state index contributed by atoms with van der Waals surface area (Å²) in [7, 11) is 0. The minimum Gasteiger partial charge on any atom is -0.454 e. The molecular formula is C26H25N3O5. The minimum atomic E-state index is -0.927. The lowest BCUT2D eigenvalue weighted by Crippen LogP contribution is -2.36. The van der Waals surface area contributed by atoms with E-state index >= 15 is 0 Å². The molecule has 0 bridgehead atoms. The molecule has 2 aliphatic heterocycles. The lowest BCUT2D eigenvalue weighted by atomic mass is 10.00. The van der Waals surface area contributed by atoms with Crippen LogP contribution in [-0.4, -0.2) is 24.2 Å². The number of nitro groups is 1. The van der Waals surface area contributed by atoms with Crippen LogP contribution in [0, 0.1) is 10.1 Å². The molecule has 0 fully saturated rings. The van der Waals surface area contributed by atoms with Gasteiger partial charge in [-0.05, 0) is 47.7 Å². The van der Waals surface area contributed by atoms with Gasteiger partial charge in [0.25, 0.3) is 11.6 Å². The maximum atomic E-state index is 13.8. The molecule has 5 rings (SSSR count). The number of carbonyl (C=O) groups is 1. The van der Waals surface area contributed by atoms with Gasteiger partial charge in [0.2, 0.25) is 6.79 Å². The molecule has 0 saturated carbocycles. The molecule has 3 aromatic rings. The Morgan fingerprint density at radius 2 is 1.76 bits per heavy atom. The van der Waals surface area contributed by atoms with Gasteiger partial charge in [-0.15, -0.1) is 0 Å². The second kappa shape index (κ2) is 8.70. The molecule has 2 aliphatic rings. The van der Waals surface area contributed by atoms with Crippen molar-refractivity contribution in [3.63, 3.8) is 0 Å². The average Bonchev–Trinajstić information content (AvgIpc) is 3.46. The number of nitro benzene ring substituents is 1. The van der Waals surface area contributed by atoms with Crippen LogP contribution in [-0.2, 0) is 11.2 Å². The third-order valence-electron chi connectivity index (χ3n) is 6.34. The van der Waals surface area contributed by atoms with Crippen molar-refractivity contribution in [3.8, 4) is 11.5 Å². The monoisotopic (exact) mass is 459 g/mol. The highest BCUT2D eigenvalue weighted by molar-refractivity contribution is 5.99. The number of benzene rings is 3. The van der Waals surface area contributed by atoms with E-state index in [4.69, 9.17) is 9.47 Å². The van der Waals surface area contributed by atoms with Crippen LogP contribution in [0.15, 0.2) is 60.7 Å². The van der Waals surface area contributed by atoms with Crippen molar-refractivity contribution < 1.29 is 19.2 Å². The Hall–Kier alpha value is -4.07. The van der Waals surface area contributed by atoms with Crippen molar-refractivity contribution in [1.82, 2.24) is 0 Å². The number of anilines is 2. The molecule has 0 aromatic heterocycles. The maximum absolute atomic E-state index is 13.8. The van der Waals surface area contributed by atoms with E-state index in [2.05, 4.69) is 19.2 Å². The lowest BCUT2D eigenvalue weighted by Gasteiger charge is -2.29. The average molecular weight is 460 g/mol. The Morgan fingerprint density at radius 3 is 2.47 bits per heavy atom. The predicted octanol–water partition coefficient (Wildman–Crippen LogP) is 5.19. The molecule has 8 heteroatoms. The zero-order chi connectivity index (χ0) is 23.8. The van der Waals surface area contributed by atoms with Gasteiger partial charge in [-0.3, -0.25) is 14.9 Å². The number of amides is 1. The Labute approximate surface area is 197 Å². The highest BCUT2D eigenvalue weighted by atomic mass is 16.7. The number of hydrogen-bond donors (Lipinski definition) is 1. The van der Waals surface area contributed by atoms with Gasteiger partial charge in [-0.1, -0.05) is 44.2 Å². The molecule has 1 atom stereocenters. The summed E-state index contributed by atoms with van der Waals surface area (Å²) in [5, 5.41) is 15.0. The predicted molar refractivity (Wildman–Crippen MR) is 129 cm³/mol. The Balaban J connectivity index is 1.58. The Kier molecular flexibility index (Phi) is 5.57. The summed E-state index contributed by atoms with van der Waals surface area (Å²) in [6.45, 7) is 4.76. The highest BCUT2D eigenvalue weighted by Gasteiger charge is 2.38. The Morgan fingerprint density at radius 1 is 1.06 bits per heavy atom. The summed E-state index contributed by atoms with van der Waals surface area (Å²) in [5.74, 6) is 0.721. The van der Waals surface area contributed by atoms with E-state index in [9.17, 15) is 14.9 Å². The summed E-state index contributed by atoms with van der Waals surface area (Å²) >= 11 is 0. The second-order valence-corrected chi connectivity index (χ2v) is 8.76. The first-order chi connectivity index (χ1) is 16.4. The summed E-state index contributed by atoms with van der Waals surface area (Å²) < 4.78 is 10.8. The summed E-state index contributed by atoms with van der Waals surface area (Å²) in [4.78, 5) is 27.2. The van der Waals surface area contributed by atoms with Crippen molar-refractivity contribution in [2.45, 2.75) is 32.2 Å². The first kappa shape index (κ1) is 21.8. The van der Waals surface area contributed by atoms with Crippen molar-refractivity contribution in [3.05, 3.63) is 87.5 Å². The fourth-order valence-electron chi connectivity index (χ4n) is 4.57. The molecule has 174 valence electrons. The van der Waals surface area contributed by atoms with Crippen molar-refractivity contribution in [1.29, 1.82) is 0 Å². The number of para-hydroxylation sites is 1. The maximum Gasteiger partial charge on any atom is 0.279 e. The molecule has 3 aromatic carbocycles. The molecule has 0 aliphatic carbocycles. The van der Waals surface area contributed by atoms with Gasteiger partial charge in [0.05, 0.1) is 16.6 Å². The van der Waals surface area contributed by atoms with Crippen LogP contribution in [0.25, 0.3) is 0 Å². The van der Waals surface area contributed by atoms with Gasteiger partial charge in [0, 0.05) is 17.9 Å². The van der Waals surface area contributed by atoms with Crippen LogP contribution >= 0.6 is 0 Å². The van der Waals surface area contributed by atoms with Crippen molar-refractivity contribution in [2.24, 2.45) is 0 Å². The van der Waals surface area contributed by atoms with Crippen LogP contribution < -0.4 is 19.7 Å². The van der Waals surface area contributed by atoms with E-state index in [0.29, 0.717) is 29.6 Å². The third kappa shape index (κ3) is 3.91. The lowest BCUT2D eigenvalue weighted by molar-refractivity contribution is -0.385. The number of fused-ring (bicyclic) bond motifs is 2. The molecule has 0 saturated heterocycles. The largest absolute Gasteiger partial charge is 0.454 e. The molecule has 8 nitrogen and oxygen atoms in total. The minimum absolute atomic E-state index is 0.0123. The number of rotatable bonds is 6. The van der Waals surface area contributed by atoms with Gasteiger partial charge in [0.1, 0.15) is 6.04 Å². The first-order valence-corrected chi connectivity index (χ1v) is 11.3. The van der Waals surface area contributed by atoms with E-state index in [-0.39, 0.29) is 24.0 Å². The molecule has 1 N–H and O–H groups in total. The SMILES string of the molecule is CC(C)c1ccc(NC(=O)C(c2cc3c(cc2[N+](=O)[O-])OCO3)N2CCc3ccccc32)cc1. The smallest absolute Gasteiger partial charge is 0.279 e. The Bertz CT molecular complexity index is 1260. The van der Waals surface area contributed by atoms with Crippen LogP contribution in [0.2, 0.25) is 0 Å². The highest BCUT2D eigenvalue weighted by Crippen LogP contribution is 2.44. The van der Waals surface area contributed by atoms with Gasteiger partial charge in [-0.2, -0.15) is 0 Å². The third-order valence-corrected chi connectivity index (χ3v) is 6.34. The van der Waals surface area contributed by atoms with E-state index in [1.165, 1.54) is 6.07 Å². The van der Waals surface area contributed by atoms with Crippen molar-refractivity contribution in [2.75, 3.05) is 23.6 Å². The normalized spacial score (nSPS) is 14.7. The van der Waals surface area contributed by atoms with E-state index in [1.54, 1.807) is 6.07 Å². The standard InChI is InChI=1S/C26H25N3O5/c1-16(2)17-7-9-19(10-8-17)27-26(30)25(28-12-11-18-5-3-4-6-21(18)28)20-13-23-24(34-15-33-23)14-22(20)29(31)32/h3-10,13-14,16,25H,11-12,15H2,1-2H3,(H,27,30). The van der Waals surface area contributed by atoms with Gasteiger partial charge >= 0.3 is 0 Å². The van der Waals surface area contributed by atoms with Gasteiger partial charge < -0.3 is 19.7 Å². The second-order valence-electron chi connectivity index (χ2n) is 8.76. The summed E-state index contributed by atoms with van der Waals surface area (Å²) in [6.07, 6.45) is 0.751. The van der Waals surface area contributed by atoms with Crippen LogP contribution in [0.3, 0.4) is 0 Å². The van der Waals surface area contributed by atoms with Gasteiger partial charge in [0.15, 0.2) is 11.5 Å². The quantitative estimate of drug-likeness (QED) is 0.403. The number of hydrogen-bond acceptors (Lipinski definition) is 6. The first-order valence-electron chi connectivity index (χ1n) is 11.3. The molecule has 0 spiro atoms. The molecular weight excluding hydrogens is 434 g/mol. The zero-order valence-electron chi connectivity index (χ0n) is 19.0. The number of nitrogens with zero attached hydrogens (tertiary/aromatic N) is 2. The zero-order valence-corrected chi connectivity index (χ0v) is 19.0. The summed E-state index contributed by atoms with van der Waals surface area (Å²) in [6, 6.07) is 17.5. The van der Waals surface area contributed by atoms with E-state index in [1.807, 2.05) is 53.4 Å². The molecule has 0 radical (unpaired) electrons. The number of ether oxygens (including phenoxy) is 2. The van der Waals surface area contributed by atoms with Crippen LogP contribution in [0.4, 0.5) is 17.1 Å². The van der Waals surface area contributed by atoms with E-state index in [0.717, 1.165) is 23.2 Å². The van der Waals surface area contributed by atoms with Crippen LogP contribution in [0.5, 0.6) is 11.5 Å².